The minimum Gasteiger partial charge on any atom is -0.493 e. The normalized spacial score (nSPS) is 10.9. The van der Waals surface area contributed by atoms with Gasteiger partial charge in [-0.15, -0.1) is 0 Å². The van der Waals surface area contributed by atoms with E-state index in [9.17, 15) is 4.79 Å². The lowest BCUT2D eigenvalue weighted by Crippen LogP contribution is -2.18. The van der Waals surface area contributed by atoms with Crippen LogP contribution in [0.2, 0.25) is 0 Å². The van der Waals surface area contributed by atoms with Crippen molar-refractivity contribution in [2.45, 2.75) is 0 Å². The van der Waals surface area contributed by atoms with Gasteiger partial charge in [0.05, 0.1) is 30.1 Å². The third kappa shape index (κ3) is 5.26. The van der Waals surface area contributed by atoms with Crippen molar-refractivity contribution < 1.29 is 14.3 Å². The van der Waals surface area contributed by atoms with Crippen molar-refractivity contribution in [2.24, 2.45) is 5.10 Å². The number of ether oxygens (including phenoxy) is 2. The number of amides is 1. The number of hydrogen-bond acceptors (Lipinski definition) is 5. The molecule has 3 aromatic carbocycles. The van der Waals surface area contributed by atoms with E-state index >= 15 is 0 Å². The van der Waals surface area contributed by atoms with Crippen LogP contribution >= 0.6 is 22.6 Å². The number of carbonyl (C=O) groups is 1. The molecule has 0 bridgehead atoms. The number of benzene rings is 3. The van der Waals surface area contributed by atoms with Crippen LogP contribution in [-0.2, 0) is 0 Å². The summed E-state index contributed by atoms with van der Waals surface area (Å²) in [5.74, 6) is 0.772. The summed E-state index contributed by atoms with van der Waals surface area (Å²) in [5.41, 5.74) is 6.20. The molecule has 6 nitrogen and oxygen atoms in total. The maximum Gasteiger partial charge on any atom is 0.272 e. The first kappa shape index (κ1) is 23.4. The third-order valence-corrected chi connectivity index (χ3v) is 5.64. The lowest BCUT2D eigenvalue weighted by Gasteiger charge is -2.13. The number of nitrogens with one attached hydrogen (secondary N) is 1. The number of rotatable bonds is 8. The second-order valence-corrected chi connectivity index (χ2v) is 8.51. The summed E-state index contributed by atoms with van der Waals surface area (Å²) in [6, 6.07) is 22.9. The Labute approximate surface area is 211 Å². The Bertz CT molecular complexity index is 1370. The van der Waals surface area contributed by atoms with Crippen molar-refractivity contribution in [2.75, 3.05) is 13.7 Å². The molecule has 1 amide bonds. The van der Waals surface area contributed by atoms with Crippen LogP contribution in [0.25, 0.3) is 22.2 Å². The Balaban J connectivity index is 1.66. The average Bonchev–Trinajstić information content (AvgIpc) is 2.87. The Hall–Kier alpha value is -3.72. The van der Waals surface area contributed by atoms with Gasteiger partial charge in [0.1, 0.15) is 6.61 Å². The van der Waals surface area contributed by atoms with Crippen molar-refractivity contribution in [3.63, 3.8) is 0 Å². The van der Waals surface area contributed by atoms with Crippen LogP contribution in [-0.4, -0.2) is 30.8 Å². The van der Waals surface area contributed by atoms with Gasteiger partial charge in [0, 0.05) is 20.1 Å². The predicted molar refractivity (Wildman–Crippen MR) is 144 cm³/mol. The number of pyridine rings is 1. The Kier molecular flexibility index (Phi) is 7.54. The second-order valence-electron chi connectivity index (χ2n) is 7.26. The topological polar surface area (TPSA) is 72.8 Å². The van der Waals surface area contributed by atoms with Gasteiger partial charge in [-0.2, -0.15) is 5.10 Å². The van der Waals surface area contributed by atoms with Gasteiger partial charge in [0.15, 0.2) is 11.5 Å². The summed E-state index contributed by atoms with van der Waals surface area (Å²) < 4.78 is 12.2. The molecule has 170 valence electrons. The molecule has 1 heterocycles. The second kappa shape index (κ2) is 10.9. The maximum atomic E-state index is 13.2. The molecular weight excluding hydrogens is 541 g/mol. The van der Waals surface area contributed by atoms with Gasteiger partial charge in [-0.3, -0.25) is 4.79 Å². The number of hydrazone groups is 1. The van der Waals surface area contributed by atoms with Gasteiger partial charge in [-0.25, -0.2) is 10.4 Å². The fourth-order valence-corrected chi connectivity index (χ4v) is 4.09. The fourth-order valence-electron chi connectivity index (χ4n) is 3.47. The van der Waals surface area contributed by atoms with Gasteiger partial charge < -0.3 is 9.47 Å². The SMILES string of the molecule is C=CCOc1c(/C=N\NC(=O)c2cc(-c3ccccc3)nc3ccccc23)cc(I)cc1OC. The third-order valence-electron chi connectivity index (χ3n) is 5.01. The predicted octanol–water partition coefficient (Wildman–Crippen LogP) is 5.84. The quantitative estimate of drug-likeness (QED) is 0.127. The smallest absolute Gasteiger partial charge is 0.272 e. The zero-order valence-corrected chi connectivity index (χ0v) is 20.7. The zero-order valence-electron chi connectivity index (χ0n) is 18.5. The summed E-state index contributed by atoms with van der Waals surface area (Å²) in [6.45, 7) is 4.00. The first-order chi connectivity index (χ1) is 16.6. The number of nitrogens with zero attached hydrogens (tertiary/aromatic N) is 2. The van der Waals surface area contributed by atoms with E-state index in [1.54, 1.807) is 25.5 Å². The Morgan fingerprint density at radius 1 is 1.12 bits per heavy atom. The molecule has 0 aliphatic carbocycles. The molecule has 0 aliphatic heterocycles. The fraction of sp³-hybridized carbons (Fsp3) is 0.0741. The summed E-state index contributed by atoms with van der Waals surface area (Å²) in [4.78, 5) is 17.9. The van der Waals surface area contributed by atoms with E-state index in [2.05, 4.69) is 39.7 Å². The van der Waals surface area contributed by atoms with Crippen molar-refractivity contribution in [3.05, 3.63) is 100 Å². The molecule has 0 saturated heterocycles. The maximum absolute atomic E-state index is 13.2. The lowest BCUT2D eigenvalue weighted by atomic mass is 10.0. The van der Waals surface area contributed by atoms with E-state index < -0.39 is 0 Å². The van der Waals surface area contributed by atoms with Crippen LogP contribution < -0.4 is 14.9 Å². The number of methoxy groups -OCH3 is 1. The number of fused-ring (bicyclic) bond motifs is 1. The highest BCUT2D eigenvalue weighted by atomic mass is 127. The van der Waals surface area contributed by atoms with Gasteiger partial charge in [-0.1, -0.05) is 61.2 Å². The zero-order chi connectivity index (χ0) is 23.9. The van der Waals surface area contributed by atoms with E-state index in [0.717, 1.165) is 25.7 Å². The minimum atomic E-state index is -0.335. The standard InChI is InChI=1S/C27H22IN3O3/c1-3-13-34-26-19(14-20(28)15-25(26)33-2)17-29-31-27(32)22-16-24(18-9-5-4-6-10-18)30-23-12-8-7-11-21(22)23/h3-12,14-17H,1,13H2,2H3,(H,31,32)/b29-17-. The van der Waals surface area contributed by atoms with E-state index in [4.69, 9.17) is 14.5 Å². The van der Waals surface area contributed by atoms with Crippen molar-refractivity contribution in [3.8, 4) is 22.8 Å². The molecule has 0 saturated carbocycles. The molecule has 0 radical (unpaired) electrons. The molecule has 0 unspecified atom stereocenters. The van der Waals surface area contributed by atoms with Crippen molar-refractivity contribution >= 4 is 45.6 Å². The molecule has 7 heteroatoms. The number of hydrogen-bond donors (Lipinski definition) is 1. The van der Waals surface area contributed by atoms with E-state index in [0.29, 0.717) is 29.2 Å². The molecule has 1 N–H and O–H groups in total. The van der Waals surface area contributed by atoms with Crippen LogP contribution in [0.5, 0.6) is 11.5 Å². The minimum absolute atomic E-state index is 0.315. The van der Waals surface area contributed by atoms with Gasteiger partial charge in [-0.05, 0) is 46.9 Å². The van der Waals surface area contributed by atoms with Crippen LogP contribution in [0, 0.1) is 3.57 Å². The van der Waals surface area contributed by atoms with Crippen LogP contribution in [0.4, 0.5) is 0 Å². The molecule has 1 aromatic heterocycles. The van der Waals surface area contributed by atoms with Crippen LogP contribution in [0.1, 0.15) is 15.9 Å². The first-order valence-electron chi connectivity index (χ1n) is 10.5. The number of aromatic nitrogens is 1. The summed E-state index contributed by atoms with van der Waals surface area (Å²) in [5, 5.41) is 4.95. The van der Waals surface area contributed by atoms with Gasteiger partial charge in [0.25, 0.3) is 5.91 Å². The van der Waals surface area contributed by atoms with E-state index in [-0.39, 0.29) is 5.91 Å². The molecule has 0 atom stereocenters. The average molecular weight is 563 g/mol. The largest absolute Gasteiger partial charge is 0.493 e. The van der Waals surface area contributed by atoms with Crippen LogP contribution in [0.3, 0.4) is 0 Å². The molecule has 0 aliphatic rings. The molecule has 4 rings (SSSR count). The van der Waals surface area contributed by atoms with Gasteiger partial charge >= 0.3 is 0 Å². The molecule has 4 aromatic rings. The van der Waals surface area contributed by atoms with E-state index in [1.165, 1.54) is 0 Å². The van der Waals surface area contributed by atoms with Crippen molar-refractivity contribution in [1.82, 2.24) is 10.4 Å². The molecule has 0 fully saturated rings. The van der Waals surface area contributed by atoms with Crippen molar-refractivity contribution in [1.29, 1.82) is 0 Å². The monoisotopic (exact) mass is 563 g/mol. The van der Waals surface area contributed by atoms with Crippen LogP contribution in [0.15, 0.2) is 90.6 Å². The first-order valence-corrected chi connectivity index (χ1v) is 11.6. The molecular formula is C27H22IN3O3. The highest BCUT2D eigenvalue weighted by molar-refractivity contribution is 14.1. The summed E-state index contributed by atoms with van der Waals surface area (Å²) in [7, 11) is 1.58. The highest BCUT2D eigenvalue weighted by Gasteiger charge is 2.14. The summed E-state index contributed by atoms with van der Waals surface area (Å²) in [6.07, 6.45) is 3.20. The highest BCUT2D eigenvalue weighted by Crippen LogP contribution is 2.32. The molecule has 34 heavy (non-hydrogen) atoms. The molecule has 0 spiro atoms. The Morgan fingerprint density at radius 2 is 1.88 bits per heavy atom. The Morgan fingerprint density at radius 3 is 2.65 bits per heavy atom. The summed E-state index contributed by atoms with van der Waals surface area (Å²) >= 11 is 2.19. The number of carbonyl (C=O) groups excluding carboxylic acids is 1. The van der Waals surface area contributed by atoms with E-state index in [1.807, 2.05) is 66.7 Å². The number of para-hydroxylation sites is 1. The lowest BCUT2D eigenvalue weighted by molar-refractivity contribution is 0.0956. The van der Waals surface area contributed by atoms with Gasteiger partial charge in [0.2, 0.25) is 0 Å². The number of halogens is 1.